The van der Waals surface area contributed by atoms with E-state index in [4.69, 9.17) is 4.74 Å². The predicted octanol–water partition coefficient (Wildman–Crippen LogP) is 2.74. The van der Waals surface area contributed by atoms with Crippen molar-refractivity contribution in [2.24, 2.45) is 0 Å². The molecular formula is C13H13F3N4O2S. The fourth-order valence-electron chi connectivity index (χ4n) is 1.82. The van der Waals surface area contributed by atoms with Gasteiger partial charge < -0.3 is 4.74 Å². The van der Waals surface area contributed by atoms with Crippen LogP contribution >= 0.6 is 11.8 Å². The number of alkyl halides is 3. The number of tetrazole rings is 1. The monoisotopic (exact) mass is 346 g/mol. The highest BCUT2D eigenvalue weighted by Crippen LogP contribution is 2.28. The third kappa shape index (κ3) is 4.68. The largest absolute Gasteiger partial charge is 0.496 e. The topological polar surface area (TPSA) is 69.9 Å². The minimum atomic E-state index is -4.41. The van der Waals surface area contributed by atoms with Crippen LogP contribution in [-0.2, 0) is 12.3 Å². The van der Waals surface area contributed by atoms with Crippen molar-refractivity contribution in [1.29, 1.82) is 0 Å². The fraction of sp³-hybridized carbons (Fsp3) is 0.385. The van der Waals surface area contributed by atoms with E-state index in [0.717, 1.165) is 11.8 Å². The van der Waals surface area contributed by atoms with E-state index in [-0.39, 0.29) is 16.7 Å². The molecule has 0 radical (unpaired) electrons. The first-order chi connectivity index (χ1) is 10.8. The van der Waals surface area contributed by atoms with E-state index >= 15 is 0 Å². The second-order valence-electron chi connectivity index (χ2n) is 4.61. The van der Waals surface area contributed by atoms with Crippen molar-refractivity contribution in [3.8, 4) is 5.75 Å². The highest BCUT2D eigenvalue weighted by molar-refractivity contribution is 7.98. The molecule has 0 fully saturated rings. The first-order valence-corrected chi connectivity index (χ1v) is 7.42. The standard InChI is InChI=1S/C13H13F3N4O2S/c1-8(21)9-3-4-11(22-2)10(5-9)6-23-12-17-18-19-20(12)7-13(14,15)16/h3-5H,6-7H2,1-2H3. The van der Waals surface area contributed by atoms with Gasteiger partial charge in [0.25, 0.3) is 0 Å². The number of ketones is 1. The van der Waals surface area contributed by atoms with Crippen molar-refractivity contribution in [1.82, 2.24) is 20.2 Å². The maximum atomic E-state index is 12.4. The highest BCUT2D eigenvalue weighted by atomic mass is 32.2. The van der Waals surface area contributed by atoms with Gasteiger partial charge in [-0.1, -0.05) is 11.8 Å². The molecule has 0 aliphatic carbocycles. The van der Waals surface area contributed by atoms with E-state index in [2.05, 4.69) is 15.5 Å². The highest BCUT2D eigenvalue weighted by Gasteiger charge is 2.30. The molecule has 0 bridgehead atoms. The first kappa shape index (κ1) is 17.3. The Labute approximate surface area is 134 Å². The summed E-state index contributed by atoms with van der Waals surface area (Å²) in [7, 11) is 1.48. The number of nitrogens with zero attached hydrogens (tertiary/aromatic N) is 4. The molecule has 0 aliphatic rings. The van der Waals surface area contributed by atoms with Gasteiger partial charge in [0.2, 0.25) is 5.16 Å². The van der Waals surface area contributed by atoms with E-state index in [9.17, 15) is 18.0 Å². The molecule has 10 heteroatoms. The molecule has 1 aromatic heterocycles. The third-order valence-electron chi connectivity index (χ3n) is 2.87. The van der Waals surface area contributed by atoms with Crippen molar-refractivity contribution < 1.29 is 22.7 Å². The Kier molecular flexibility index (Phi) is 5.24. The number of methoxy groups -OCH3 is 1. The molecule has 1 aromatic carbocycles. The van der Waals surface area contributed by atoms with Crippen LogP contribution in [0.25, 0.3) is 0 Å². The summed E-state index contributed by atoms with van der Waals surface area (Å²) in [5.74, 6) is 0.695. The van der Waals surface area contributed by atoms with Crippen molar-refractivity contribution >= 4 is 17.5 Å². The Morgan fingerprint density at radius 2 is 2.13 bits per heavy atom. The van der Waals surface area contributed by atoms with Gasteiger partial charge in [-0.25, -0.2) is 4.68 Å². The average Bonchev–Trinajstić information content (AvgIpc) is 2.89. The van der Waals surface area contributed by atoms with E-state index < -0.39 is 12.7 Å². The second kappa shape index (κ2) is 6.99. The lowest BCUT2D eigenvalue weighted by molar-refractivity contribution is -0.144. The molecule has 124 valence electrons. The number of carbonyl (C=O) groups excluding carboxylic acids is 1. The van der Waals surface area contributed by atoms with Gasteiger partial charge in [-0.15, -0.1) is 5.10 Å². The molecule has 1 heterocycles. The molecule has 0 spiro atoms. The fourth-order valence-corrected chi connectivity index (χ4v) is 2.68. The summed E-state index contributed by atoms with van der Waals surface area (Å²) >= 11 is 1.03. The minimum Gasteiger partial charge on any atom is -0.496 e. The van der Waals surface area contributed by atoms with Crippen molar-refractivity contribution in [2.75, 3.05) is 7.11 Å². The summed E-state index contributed by atoms with van der Waals surface area (Å²) in [6.07, 6.45) is -4.41. The van der Waals surface area contributed by atoms with Crippen LogP contribution in [0.5, 0.6) is 5.75 Å². The number of hydrogen-bond acceptors (Lipinski definition) is 6. The van der Waals surface area contributed by atoms with Crippen molar-refractivity contribution in [3.05, 3.63) is 29.3 Å². The molecule has 2 rings (SSSR count). The van der Waals surface area contributed by atoms with E-state index in [1.54, 1.807) is 18.2 Å². The number of ether oxygens (including phenoxy) is 1. The van der Waals surface area contributed by atoms with Crippen LogP contribution in [0.4, 0.5) is 13.2 Å². The van der Waals surface area contributed by atoms with Crippen LogP contribution < -0.4 is 4.74 Å². The average molecular weight is 346 g/mol. The predicted molar refractivity (Wildman–Crippen MR) is 76.4 cm³/mol. The summed E-state index contributed by atoms with van der Waals surface area (Å²) in [6, 6.07) is 4.92. The van der Waals surface area contributed by atoms with E-state index in [1.165, 1.54) is 14.0 Å². The minimum absolute atomic E-state index is 0.0395. The lowest BCUT2D eigenvalue weighted by Gasteiger charge is -2.10. The lowest BCUT2D eigenvalue weighted by Crippen LogP contribution is -2.19. The second-order valence-corrected chi connectivity index (χ2v) is 5.55. The van der Waals surface area contributed by atoms with Crippen LogP contribution in [0.1, 0.15) is 22.8 Å². The van der Waals surface area contributed by atoms with E-state index in [1.807, 2.05) is 0 Å². The molecule has 23 heavy (non-hydrogen) atoms. The number of halogens is 3. The quantitative estimate of drug-likeness (QED) is 0.592. The zero-order valence-corrected chi connectivity index (χ0v) is 13.1. The Balaban J connectivity index is 2.16. The molecular weight excluding hydrogens is 333 g/mol. The van der Waals surface area contributed by atoms with Crippen LogP contribution in [0.2, 0.25) is 0 Å². The Bertz CT molecular complexity index is 703. The Morgan fingerprint density at radius 1 is 1.39 bits per heavy atom. The van der Waals surface area contributed by atoms with Gasteiger partial charge in [0.05, 0.1) is 7.11 Å². The Morgan fingerprint density at radius 3 is 2.74 bits per heavy atom. The summed E-state index contributed by atoms with van der Waals surface area (Å²) in [5, 5.41) is 10.2. The number of hydrogen-bond donors (Lipinski definition) is 0. The van der Waals surface area contributed by atoms with Crippen LogP contribution in [0.3, 0.4) is 0 Å². The maximum Gasteiger partial charge on any atom is 0.408 e. The molecule has 0 atom stereocenters. The summed E-state index contributed by atoms with van der Waals surface area (Å²) in [5.41, 5.74) is 1.17. The molecule has 0 aliphatic heterocycles. The summed E-state index contributed by atoms with van der Waals surface area (Å²) in [4.78, 5) is 11.4. The van der Waals surface area contributed by atoms with Crippen LogP contribution in [-0.4, -0.2) is 39.3 Å². The smallest absolute Gasteiger partial charge is 0.408 e. The normalized spacial score (nSPS) is 11.5. The van der Waals surface area contributed by atoms with Crippen molar-refractivity contribution in [2.45, 2.75) is 30.6 Å². The number of aromatic nitrogens is 4. The number of rotatable bonds is 6. The molecule has 0 saturated heterocycles. The maximum absolute atomic E-state index is 12.4. The van der Waals surface area contributed by atoms with Crippen molar-refractivity contribution in [3.63, 3.8) is 0 Å². The number of thioether (sulfide) groups is 1. The van der Waals surface area contributed by atoms with Crippen LogP contribution in [0.15, 0.2) is 23.4 Å². The zero-order valence-electron chi connectivity index (χ0n) is 12.3. The zero-order chi connectivity index (χ0) is 17.0. The summed E-state index contributed by atoms with van der Waals surface area (Å²) < 4.78 is 43.2. The van der Waals surface area contributed by atoms with Gasteiger partial charge in [0.1, 0.15) is 12.3 Å². The van der Waals surface area contributed by atoms with Gasteiger partial charge in [-0.05, 0) is 35.5 Å². The van der Waals surface area contributed by atoms with Gasteiger partial charge in [0.15, 0.2) is 5.78 Å². The molecule has 0 N–H and O–H groups in total. The molecule has 0 amide bonds. The van der Waals surface area contributed by atoms with Gasteiger partial charge in [-0.3, -0.25) is 4.79 Å². The number of carbonyl (C=O) groups is 1. The van der Waals surface area contributed by atoms with Gasteiger partial charge >= 0.3 is 6.18 Å². The van der Waals surface area contributed by atoms with Crippen LogP contribution in [0, 0.1) is 0 Å². The molecule has 0 saturated carbocycles. The van der Waals surface area contributed by atoms with Gasteiger partial charge in [0, 0.05) is 16.9 Å². The number of Topliss-reactive ketones (excluding diaryl/α,β-unsaturated/α-hetero) is 1. The SMILES string of the molecule is COc1ccc(C(C)=O)cc1CSc1nnnn1CC(F)(F)F. The first-order valence-electron chi connectivity index (χ1n) is 6.43. The van der Waals surface area contributed by atoms with Gasteiger partial charge in [-0.2, -0.15) is 13.2 Å². The Hall–Kier alpha value is -2.10. The molecule has 0 unspecified atom stereocenters. The number of benzene rings is 1. The molecule has 2 aromatic rings. The molecule has 6 nitrogen and oxygen atoms in total. The lowest BCUT2D eigenvalue weighted by atomic mass is 10.1. The summed E-state index contributed by atoms with van der Waals surface area (Å²) in [6.45, 7) is 0.176. The van der Waals surface area contributed by atoms with E-state index in [0.29, 0.717) is 21.6 Å². The third-order valence-corrected chi connectivity index (χ3v) is 3.88.